The van der Waals surface area contributed by atoms with E-state index in [1.54, 1.807) is 0 Å². The second-order valence-corrected chi connectivity index (χ2v) is 32.7. The Balaban J connectivity index is 0.000000171. The lowest BCUT2D eigenvalue weighted by Gasteiger charge is -2.32. The Kier molecular flexibility index (Phi) is 17.4. The van der Waals surface area contributed by atoms with E-state index in [1.165, 1.54) is 33.7 Å². The highest BCUT2D eigenvalue weighted by atomic mass is 32.5. The molecule has 34 nitrogen and oxygen atoms in total. The molecule has 0 amide bonds. The van der Waals surface area contributed by atoms with Crippen molar-refractivity contribution < 1.29 is 92.3 Å². The molecule has 18 atom stereocenters. The standard InChI is InChI=1S/2C24H24F2N8O9P2S2/c2*1-2-24-8-39-45(37,47)43-18-16(26)12(40-22(18)34-9-30-17-20(34)31-23(28)32-21(17)35)7-38-44(36,46)42-13(24)5-14(41-24)33-6-10(25)15-11(27)3-4-29-19(15)33/h2*1,3-4,6,9,12-14,16,18,22H,5,7-8H2,(H2,27,29)(H,36,46)(H,37,47)(H3,28,31,32,35)/t2*12-,13+,14-,16-,18-,22-,24-,44?,45?/m11/s1. The second kappa shape index (κ2) is 24.6. The zero-order valence-corrected chi connectivity index (χ0v) is 54.0. The number of halogens is 4. The normalized spacial score (nSPS) is 36.4. The maximum atomic E-state index is 16.0. The summed E-state index contributed by atoms with van der Waals surface area (Å²) in [6, 6.07) is 2.86. The molecular formula is C48H48F4N16O18P4S4. The number of nitrogens with zero attached hydrogens (tertiary/aromatic N) is 10. The minimum atomic E-state index is -4.41. The summed E-state index contributed by atoms with van der Waals surface area (Å²) in [5.41, 5.74) is 18.2. The molecule has 0 spiro atoms. The van der Waals surface area contributed by atoms with Crippen LogP contribution in [0.2, 0.25) is 0 Å². The topological polar surface area (TPSA) is 459 Å². The van der Waals surface area contributed by atoms with Gasteiger partial charge in [0.05, 0.1) is 49.9 Å². The number of alkyl halides is 2. The number of nitrogen functional groups attached to an aromatic ring is 4. The number of terminal acetylenes is 2. The number of nitrogens with two attached hydrogens (primary N) is 4. The fourth-order valence-electron chi connectivity index (χ4n) is 11.4. The maximum Gasteiger partial charge on any atom is 0.325 e. The molecule has 500 valence electrons. The molecule has 0 aliphatic carbocycles. The molecule has 46 heteroatoms. The van der Waals surface area contributed by atoms with Gasteiger partial charge in [0.1, 0.15) is 60.4 Å². The van der Waals surface area contributed by atoms with Gasteiger partial charge in [-0.05, 0) is 59.4 Å². The number of rotatable bonds is 4. The van der Waals surface area contributed by atoms with E-state index in [-0.39, 0.29) is 80.5 Å². The Morgan fingerprint density at radius 2 is 0.968 bits per heavy atom. The van der Waals surface area contributed by atoms with Crippen LogP contribution in [0.1, 0.15) is 37.8 Å². The van der Waals surface area contributed by atoms with Crippen LogP contribution in [0.4, 0.5) is 40.8 Å². The van der Waals surface area contributed by atoms with Crippen LogP contribution >= 0.6 is 26.9 Å². The van der Waals surface area contributed by atoms with Gasteiger partial charge in [-0.3, -0.25) is 37.7 Å². The summed E-state index contributed by atoms with van der Waals surface area (Å²) in [5.74, 6) is 2.95. The first-order valence-electron chi connectivity index (χ1n) is 27.2. The molecule has 14 N–H and O–H groups in total. The lowest BCUT2D eigenvalue weighted by molar-refractivity contribution is -0.0894. The quantitative estimate of drug-likeness (QED) is 0.0687. The smallest absolute Gasteiger partial charge is 0.325 e. The van der Waals surface area contributed by atoms with Crippen molar-refractivity contribution in [3.8, 4) is 24.7 Å². The molecule has 14 heterocycles. The minimum absolute atomic E-state index is 0.0407. The summed E-state index contributed by atoms with van der Waals surface area (Å²) in [7, 11) is 0. The number of nitrogens with one attached hydrogen (secondary N) is 2. The van der Waals surface area contributed by atoms with Gasteiger partial charge in [0, 0.05) is 49.0 Å². The van der Waals surface area contributed by atoms with E-state index in [4.69, 9.17) is 138 Å². The molecule has 8 aromatic rings. The highest BCUT2D eigenvalue weighted by Crippen LogP contribution is 2.59. The molecule has 4 unspecified atom stereocenters. The van der Waals surface area contributed by atoms with Crippen molar-refractivity contribution in [2.45, 2.75) is 97.9 Å². The van der Waals surface area contributed by atoms with Crippen molar-refractivity contribution in [3.63, 3.8) is 0 Å². The Morgan fingerprint density at radius 1 is 0.585 bits per heavy atom. The van der Waals surface area contributed by atoms with E-state index in [0.717, 1.165) is 34.2 Å². The Morgan fingerprint density at radius 3 is 1.35 bits per heavy atom. The van der Waals surface area contributed by atoms with Gasteiger partial charge < -0.3 is 97.7 Å². The van der Waals surface area contributed by atoms with Crippen LogP contribution in [0.5, 0.6) is 0 Å². The predicted molar refractivity (Wildman–Crippen MR) is 333 cm³/mol. The van der Waals surface area contributed by atoms with E-state index in [2.05, 4.69) is 51.7 Å². The van der Waals surface area contributed by atoms with Crippen LogP contribution in [0, 0.1) is 36.3 Å². The summed E-state index contributed by atoms with van der Waals surface area (Å²) >= 11 is 21.0. The number of hydrogen-bond acceptors (Lipinski definition) is 28. The molecule has 6 aliphatic heterocycles. The number of pyridine rings is 2. The van der Waals surface area contributed by atoms with Gasteiger partial charge in [-0.15, -0.1) is 12.8 Å². The largest absolute Gasteiger partial charge is 0.398 e. The number of hydrogen-bond donors (Lipinski definition) is 10. The van der Waals surface area contributed by atoms with Crippen LogP contribution in [0.25, 0.3) is 44.4 Å². The van der Waals surface area contributed by atoms with Crippen molar-refractivity contribution in [1.29, 1.82) is 0 Å². The molecular weight excluding hydrogens is 1420 g/mol. The third-order valence-electron chi connectivity index (χ3n) is 15.8. The van der Waals surface area contributed by atoms with Crippen LogP contribution in [0.3, 0.4) is 0 Å². The average molecular weight is 1470 g/mol. The van der Waals surface area contributed by atoms with Gasteiger partial charge >= 0.3 is 26.9 Å². The molecule has 6 saturated heterocycles. The van der Waals surface area contributed by atoms with Crippen LogP contribution in [-0.4, -0.2) is 164 Å². The fraction of sp³-hybridized carbons (Fsp3) is 0.417. The summed E-state index contributed by atoms with van der Waals surface area (Å²) in [5, 5.41) is 0.0815. The zero-order valence-electron chi connectivity index (χ0n) is 47.2. The van der Waals surface area contributed by atoms with Crippen molar-refractivity contribution in [1.82, 2.24) is 58.1 Å². The molecule has 6 aliphatic rings. The van der Waals surface area contributed by atoms with Crippen molar-refractivity contribution in [2.75, 3.05) is 49.4 Å². The Labute approximate surface area is 543 Å². The average Bonchev–Trinajstić information content (AvgIpc) is 1.62. The molecule has 14 rings (SSSR count). The number of aromatic amines is 2. The van der Waals surface area contributed by atoms with Crippen LogP contribution in [0.15, 0.2) is 59.2 Å². The van der Waals surface area contributed by atoms with Gasteiger partial charge in [-0.1, -0.05) is 11.8 Å². The fourth-order valence-corrected chi connectivity index (χ4v) is 17.2. The van der Waals surface area contributed by atoms with E-state index >= 15 is 8.78 Å². The second-order valence-electron chi connectivity index (χ2n) is 21.6. The van der Waals surface area contributed by atoms with Gasteiger partial charge in [0.15, 0.2) is 70.0 Å². The van der Waals surface area contributed by atoms with Crippen molar-refractivity contribution >= 4 is 142 Å². The first-order chi connectivity index (χ1) is 44.4. The van der Waals surface area contributed by atoms with E-state index in [9.17, 15) is 37.9 Å². The minimum Gasteiger partial charge on any atom is -0.398 e. The highest BCUT2D eigenvalue weighted by Gasteiger charge is 2.58. The molecule has 6 fully saturated rings. The third-order valence-corrected chi connectivity index (χ3v) is 22.0. The number of ether oxygens (including phenoxy) is 4. The molecule has 4 bridgehead atoms. The first kappa shape index (κ1) is 66.7. The van der Waals surface area contributed by atoms with E-state index in [0.29, 0.717) is 0 Å². The molecule has 0 aromatic carbocycles. The van der Waals surface area contributed by atoms with Gasteiger partial charge in [-0.2, -0.15) is 9.97 Å². The van der Waals surface area contributed by atoms with E-state index < -0.39 is 161 Å². The Bertz CT molecular complexity index is 4520. The Hall–Kier alpha value is -5.92. The highest BCUT2D eigenvalue weighted by molar-refractivity contribution is 8.08. The monoisotopic (exact) mass is 1460 g/mol. The third kappa shape index (κ3) is 12.2. The van der Waals surface area contributed by atoms with Crippen LogP contribution in [-0.2, 0) is 102 Å². The molecule has 0 radical (unpaired) electrons. The number of fused-ring (bicyclic) bond motifs is 10. The molecule has 8 aromatic heterocycles. The van der Waals surface area contributed by atoms with Crippen molar-refractivity contribution in [3.05, 3.63) is 81.9 Å². The number of H-pyrrole nitrogens is 2. The number of imidazole rings is 2. The number of anilines is 4. The molecule has 0 saturated carbocycles. The summed E-state index contributed by atoms with van der Waals surface area (Å²) in [4.78, 5) is 98.4. The lowest BCUT2D eigenvalue weighted by Crippen LogP contribution is -2.43. The molecule has 94 heavy (non-hydrogen) atoms. The maximum absolute atomic E-state index is 16.0. The van der Waals surface area contributed by atoms with Crippen molar-refractivity contribution in [2.24, 2.45) is 0 Å². The SMILES string of the molecule is C#C[C@@]12COP(O)(=S)O[C@@H]3[C@H](F)[C@@H](COP(O)(=S)O[C@H]1C[C@H](n1cc(F)c4c(N)ccnc41)O2)O[C@H]3n1cnc2c(=O)[nH]c(N)nc21.C#C[C@@]12COP(O)(=S)O[C@@H]3[C@H](F)[C@@H](COP(O)(=S)O[C@H]1C[C@H](n1cc(F)c4c(N)ccnc41)O2)O[C@H]3n1cnc2c(=O)[nH]c(N)nc21. The summed E-state index contributed by atoms with van der Waals surface area (Å²) < 4.78 is 136. The van der Waals surface area contributed by atoms with Gasteiger partial charge in [0.2, 0.25) is 11.9 Å². The summed E-state index contributed by atoms with van der Waals surface area (Å²) in [6.45, 7) is -20.1. The summed E-state index contributed by atoms with van der Waals surface area (Å²) in [6.07, 6.45) is 0.684. The number of aromatic nitrogens is 12. The predicted octanol–water partition coefficient (Wildman–Crippen LogP) is 2.50. The van der Waals surface area contributed by atoms with Gasteiger partial charge in [-0.25, -0.2) is 37.5 Å². The van der Waals surface area contributed by atoms with Crippen LogP contribution < -0.4 is 34.1 Å². The lowest BCUT2D eigenvalue weighted by atomic mass is 9.99. The van der Waals surface area contributed by atoms with Gasteiger partial charge in [0.25, 0.3) is 11.1 Å². The first-order valence-corrected chi connectivity index (χ1v) is 37.6. The van der Waals surface area contributed by atoms with E-state index in [1.807, 2.05) is 0 Å². The zero-order chi connectivity index (χ0) is 66.9.